The molecule has 0 aromatic heterocycles. The number of phosphoric acid groups is 2. The van der Waals surface area contributed by atoms with Crippen molar-refractivity contribution < 1.29 is 80.2 Å². The van der Waals surface area contributed by atoms with Gasteiger partial charge in [-0.3, -0.25) is 37.3 Å². The van der Waals surface area contributed by atoms with E-state index in [1.807, 2.05) is 0 Å². The predicted molar refractivity (Wildman–Crippen MR) is 321 cm³/mol. The van der Waals surface area contributed by atoms with E-state index in [0.717, 1.165) is 114 Å². The van der Waals surface area contributed by atoms with Crippen molar-refractivity contribution in [2.24, 2.45) is 23.7 Å². The fourth-order valence-electron chi connectivity index (χ4n) is 9.01. The van der Waals surface area contributed by atoms with E-state index in [-0.39, 0.29) is 25.7 Å². The normalized spacial score (nSPS) is 15.2. The second-order valence-corrected chi connectivity index (χ2v) is 26.8. The van der Waals surface area contributed by atoms with E-state index >= 15 is 0 Å². The largest absolute Gasteiger partial charge is 0.472 e. The number of aliphatic hydroxyl groups is 1. The zero-order valence-electron chi connectivity index (χ0n) is 52.4. The summed E-state index contributed by atoms with van der Waals surface area (Å²) in [5, 5.41) is 10.5. The Bertz CT molecular complexity index is 1630. The Labute approximate surface area is 492 Å². The zero-order chi connectivity index (χ0) is 60.4. The molecule has 0 saturated heterocycles. The smallest absolute Gasteiger partial charge is 0.462 e. The maximum atomic E-state index is 12.9. The van der Waals surface area contributed by atoms with Crippen LogP contribution >= 0.6 is 15.6 Å². The lowest BCUT2D eigenvalue weighted by Crippen LogP contribution is -2.30. The Morgan fingerprint density at radius 1 is 0.346 bits per heavy atom. The number of aliphatic hydroxyl groups excluding tert-OH is 1. The summed E-state index contributed by atoms with van der Waals surface area (Å²) >= 11 is 0. The summed E-state index contributed by atoms with van der Waals surface area (Å²) in [6, 6.07) is 0. The quantitative estimate of drug-likeness (QED) is 0.0222. The molecule has 3 N–H and O–H groups in total. The zero-order valence-corrected chi connectivity index (χ0v) is 54.2. The molecular weight excluding hydrogens is 1080 g/mol. The van der Waals surface area contributed by atoms with Crippen molar-refractivity contribution in [3.05, 3.63) is 0 Å². The van der Waals surface area contributed by atoms with Gasteiger partial charge in [-0.25, -0.2) is 9.13 Å². The van der Waals surface area contributed by atoms with Gasteiger partial charge in [0.1, 0.15) is 19.3 Å². The van der Waals surface area contributed by atoms with Gasteiger partial charge in [-0.2, -0.15) is 0 Å². The van der Waals surface area contributed by atoms with Crippen LogP contribution in [0.1, 0.15) is 293 Å². The Morgan fingerprint density at radius 3 is 0.877 bits per heavy atom. The molecule has 7 atom stereocenters. The number of carbonyl (C=O) groups excluding carboxylic acids is 4. The summed E-state index contributed by atoms with van der Waals surface area (Å²) in [6.07, 6.45) is 30.9. The highest BCUT2D eigenvalue weighted by Crippen LogP contribution is 2.45. The minimum Gasteiger partial charge on any atom is -0.462 e. The van der Waals surface area contributed by atoms with Gasteiger partial charge in [0, 0.05) is 25.7 Å². The molecule has 0 amide bonds. The molecule has 0 rings (SSSR count). The summed E-state index contributed by atoms with van der Waals surface area (Å²) in [7, 11) is -9.89. The third kappa shape index (κ3) is 54.5. The molecule has 0 spiro atoms. The van der Waals surface area contributed by atoms with Gasteiger partial charge in [-0.1, -0.05) is 242 Å². The van der Waals surface area contributed by atoms with Crippen LogP contribution in [0.2, 0.25) is 0 Å². The van der Waals surface area contributed by atoms with Crippen LogP contribution in [0.15, 0.2) is 0 Å². The maximum Gasteiger partial charge on any atom is 0.472 e. The van der Waals surface area contributed by atoms with Gasteiger partial charge >= 0.3 is 39.5 Å². The SMILES string of the molecule is CCC(C)CCCCCCCCC(=O)OC[C@H](COP(=O)(O)OCC(O)COP(=O)(O)OC[C@@H](COC(=O)CCCCCCCCCCC(C)C)OC(=O)CCCCCCCCCC(C)C)OC(=O)CCCCCCCCC(C)CC. The van der Waals surface area contributed by atoms with Crippen LogP contribution in [0.25, 0.3) is 0 Å². The fourth-order valence-corrected chi connectivity index (χ4v) is 10.6. The van der Waals surface area contributed by atoms with Gasteiger partial charge in [-0.05, 0) is 49.4 Å². The summed E-state index contributed by atoms with van der Waals surface area (Å²) < 4.78 is 67.9. The van der Waals surface area contributed by atoms with Crippen LogP contribution in [-0.2, 0) is 65.4 Å². The summed E-state index contributed by atoms with van der Waals surface area (Å²) in [5.41, 5.74) is 0. The molecule has 480 valence electrons. The molecule has 19 heteroatoms. The topological polar surface area (TPSA) is 237 Å². The van der Waals surface area contributed by atoms with Gasteiger partial charge in [0.05, 0.1) is 26.4 Å². The highest BCUT2D eigenvalue weighted by molar-refractivity contribution is 7.47. The lowest BCUT2D eigenvalue weighted by atomic mass is 10.00. The van der Waals surface area contributed by atoms with E-state index in [1.165, 1.54) is 89.9 Å². The van der Waals surface area contributed by atoms with E-state index < -0.39 is 97.5 Å². The Balaban J connectivity index is 5.26. The first-order valence-electron chi connectivity index (χ1n) is 32.3. The van der Waals surface area contributed by atoms with Crippen LogP contribution in [0.4, 0.5) is 0 Å². The molecule has 0 saturated carbocycles. The summed E-state index contributed by atoms with van der Waals surface area (Å²) in [6.45, 7) is 13.9. The van der Waals surface area contributed by atoms with Gasteiger partial charge in [0.2, 0.25) is 0 Å². The van der Waals surface area contributed by atoms with Gasteiger partial charge in [-0.15, -0.1) is 0 Å². The lowest BCUT2D eigenvalue weighted by Gasteiger charge is -2.21. The molecule has 0 aliphatic heterocycles. The van der Waals surface area contributed by atoms with Crippen LogP contribution < -0.4 is 0 Å². The average molecular weight is 1200 g/mol. The first kappa shape index (κ1) is 79.1. The molecule has 0 aliphatic carbocycles. The van der Waals surface area contributed by atoms with E-state index in [2.05, 4.69) is 55.4 Å². The van der Waals surface area contributed by atoms with E-state index in [9.17, 15) is 43.2 Å². The van der Waals surface area contributed by atoms with E-state index in [1.54, 1.807) is 0 Å². The standard InChI is InChI=1S/C62H120O17P2/c1-9-54(7)40-32-24-18-20-27-35-43-60(65)73-49-58(79-62(67)45-37-29-21-19-25-33-41-55(8)10-2)51-77-81(70,71)75-47-56(63)46-74-80(68,69)76-50-57(78-61(66)44-36-28-17-13-15-23-31-39-53(5)6)48-72-59(64)42-34-26-16-12-11-14-22-30-38-52(3)4/h52-58,63H,9-51H2,1-8H3,(H,68,69)(H,70,71)/t54?,55?,56?,57-,58-/m1/s1. The Kier molecular flexibility index (Phi) is 51.1. The van der Waals surface area contributed by atoms with Crippen molar-refractivity contribution in [1.29, 1.82) is 0 Å². The van der Waals surface area contributed by atoms with Crippen LogP contribution in [0.5, 0.6) is 0 Å². The monoisotopic (exact) mass is 1200 g/mol. The minimum atomic E-state index is -4.94. The van der Waals surface area contributed by atoms with Gasteiger partial charge in [0.15, 0.2) is 12.2 Å². The number of phosphoric ester groups is 2. The molecule has 17 nitrogen and oxygen atoms in total. The van der Waals surface area contributed by atoms with Crippen molar-refractivity contribution in [3.8, 4) is 0 Å². The molecule has 0 aromatic rings. The number of rotatable bonds is 59. The third-order valence-electron chi connectivity index (χ3n) is 14.8. The number of hydrogen-bond acceptors (Lipinski definition) is 15. The molecule has 0 aromatic carbocycles. The Morgan fingerprint density at radius 2 is 0.593 bits per heavy atom. The minimum absolute atomic E-state index is 0.101. The van der Waals surface area contributed by atoms with E-state index in [0.29, 0.717) is 31.6 Å². The molecular formula is C62H120O17P2. The number of esters is 4. The van der Waals surface area contributed by atoms with E-state index in [4.69, 9.17) is 37.0 Å². The number of carbonyl (C=O) groups is 4. The number of hydrogen-bond donors (Lipinski definition) is 3. The van der Waals surface area contributed by atoms with Gasteiger partial charge < -0.3 is 33.8 Å². The molecule has 0 radical (unpaired) electrons. The molecule has 81 heavy (non-hydrogen) atoms. The first-order valence-corrected chi connectivity index (χ1v) is 35.3. The maximum absolute atomic E-state index is 12.9. The molecule has 0 bridgehead atoms. The second-order valence-electron chi connectivity index (χ2n) is 23.9. The average Bonchev–Trinajstić information content (AvgIpc) is 3.42. The van der Waals surface area contributed by atoms with Crippen molar-refractivity contribution >= 4 is 39.5 Å². The van der Waals surface area contributed by atoms with Crippen molar-refractivity contribution in [3.63, 3.8) is 0 Å². The molecule has 0 heterocycles. The summed E-state index contributed by atoms with van der Waals surface area (Å²) in [5.74, 6) is 0.726. The highest BCUT2D eigenvalue weighted by atomic mass is 31.2. The van der Waals surface area contributed by atoms with Gasteiger partial charge in [0.25, 0.3) is 0 Å². The van der Waals surface area contributed by atoms with Crippen molar-refractivity contribution in [2.75, 3.05) is 39.6 Å². The third-order valence-corrected chi connectivity index (χ3v) is 16.7. The van der Waals surface area contributed by atoms with Crippen molar-refractivity contribution in [2.45, 2.75) is 311 Å². The molecule has 0 aliphatic rings. The fraction of sp³-hybridized carbons (Fsp3) is 0.935. The first-order chi connectivity index (χ1) is 38.7. The van der Waals surface area contributed by atoms with Crippen LogP contribution in [0.3, 0.4) is 0 Å². The van der Waals surface area contributed by atoms with Crippen molar-refractivity contribution in [1.82, 2.24) is 0 Å². The highest BCUT2D eigenvalue weighted by Gasteiger charge is 2.30. The molecule has 0 fully saturated rings. The summed E-state index contributed by atoms with van der Waals surface area (Å²) in [4.78, 5) is 72.1. The van der Waals surface area contributed by atoms with Crippen LogP contribution in [-0.4, -0.2) is 96.7 Å². The lowest BCUT2D eigenvalue weighted by molar-refractivity contribution is -0.161. The number of unbranched alkanes of at least 4 members (excludes halogenated alkanes) is 23. The second kappa shape index (κ2) is 52.4. The van der Waals surface area contributed by atoms with Crippen LogP contribution in [0, 0.1) is 23.7 Å². The Hall–Kier alpha value is -1.94. The molecule has 5 unspecified atom stereocenters. The predicted octanol–water partition coefficient (Wildman–Crippen LogP) is 16.6. The number of ether oxygens (including phenoxy) is 4.